The Labute approximate surface area is 180 Å². The van der Waals surface area contributed by atoms with Crippen molar-refractivity contribution in [2.45, 2.75) is 69.6 Å². The number of nitrogens with zero attached hydrogens (tertiary/aromatic N) is 3. The summed E-state index contributed by atoms with van der Waals surface area (Å²) in [5, 5.41) is 4.13. The SMILES string of the molecule is Cc1nn(S(=O)(=O)c2ccc(C(C)(C)C)cc2)c(C)c1S(=O)(=O)N1CCC[C@@H](C)C1. The highest BCUT2D eigenvalue weighted by Crippen LogP contribution is 2.30. The zero-order valence-electron chi connectivity index (χ0n) is 18.5. The molecule has 0 bridgehead atoms. The highest BCUT2D eigenvalue weighted by Gasteiger charge is 2.35. The van der Waals surface area contributed by atoms with Crippen LogP contribution in [0.2, 0.25) is 0 Å². The Hall–Kier alpha value is -1.71. The molecule has 1 aliphatic rings. The lowest BCUT2D eigenvalue weighted by Crippen LogP contribution is -2.39. The first kappa shape index (κ1) is 23.0. The minimum atomic E-state index is -4.01. The molecule has 1 aliphatic heterocycles. The van der Waals surface area contributed by atoms with Gasteiger partial charge in [0.15, 0.2) is 0 Å². The van der Waals surface area contributed by atoms with E-state index in [1.807, 2.05) is 6.92 Å². The van der Waals surface area contributed by atoms with Crippen LogP contribution >= 0.6 is 0 Å². The van der Waals surface area contributed by atoms with Gasteiger partial charge in [0.05, 0.1) is 16.3 Å². The van der Waals surface area contributed by atoms with Crippen molar-refractivity contribution in [2.24, 2.45) is 5.92 Å². The van der Waals surface area contributed by atoms with Crippen LogP contribution in [0, 0.1) is 19.8 Å². The van der Waals surface area contributed by atoms with Crippen molar-refractivity contribution in [3.63, 3.8) is 0 Å². The fraction of sp³-hybridized carbons (Fsp3) is 0.571. The van der Waals surface area contributed by atoms with E-state index < -0.39 is 20.0 Å². The third-order valence-electron chi connectivity index (χ3n) is 5.65. The molecule has 1 atom stereocenters. The molecule has 1 aromatic heterocycles. The molecule has 0 aliphatic carbocycles. The summed E-state index contributed by atoms with van der Waals surface area (Å²) in [6, 6.07) is 6.66. The summed E-state index contributed by atoms with van der Waals surface area (Å²) in [6.45, 7) is 12.1. The molecular formula is C21H31N3O4S2. The molecule has 0 unspecified atom stereocenters. The summed E-state index contributed by atoms with van der Waals surface area (Å²) in [4.78, 5) is 0.0723. The fourth-order valence-corrected chi connectivity index (χ4v) is 7.30. The molecule has 0 spiro atoms. The number of aromatic nitrogens is 2. The first-order valence-electron chi connectivity index (χ1n) is 10.2. The molecule has 1 aromatic carbocycles. The minimum absolute atomic E-state index is 0.00788. The van der Waals surface area contributed by atoms with Crippen molar-refractivity contribution < 1.29 is 16.8 Å². The van der Waals surface area contributed by atoms with Gasteiger partial charge < -0.3 is 0 Å². The Kier molecular flexibility index (Phi) is 5.94. The predicted molar refractivity (Wildman–Crippen MR) is 117 cm³/mol. The largest absolute Gasteiger partial charge is 0.283 e. The summed E-state index contributed by atoms with van der Waals surface area (Å²) in [6.07, 6.45) is 1.78. The molecule has 1 fully saturated rings. The second-order valence-electron chi connectivity index (χ2n) is 9.23. The maximum absolute atomic E-state index is 13.3. The molecule has 2 heterocycles. The topological polar surface area (TPSA) is 89.3 Å². The Balaban J connectivity index is 2.04. The van der Waals surface area contributed by atoms with Gasteiger partial charge in [0.25, 0.3) is 10.0 Å². The summed E-state index contributed by atoms with van der Waals surface area (Å²) in [7, 11) is -7.83. The van der Waals surface area contributed by atoms with Crippen LogP contribution in [0.25, 0.3) is 0 Å². The van der Waals surface area contributed by atoms with Crippen molar-refractivity contribution in [1.29, 1.82) is 0 Å². The van der Waals surface area contributed by atoms with E-state index in [0.29, 0.717) is 13.1 Å². The van der Waals surface area contributed by atoms with E-state index in [-0.39, 0.29) is 32.5 Å². The molecule has 1 saturated heterocycles. The number of piperidine rings is 1. The Morgan fingerprint density at radius 1 is 1.00 bits per heavy atom. The molecular weight excluding hydrogens is 422 g/mol. The highest BCUT2D eigenvalue weighted by molar-refractivity contribution is 7.90. The van der Waals surface area contributed by atoms with Gasteiger partial charge in [-0.15, -0.1) is 0 Å². The van der Waals surface area contributed by atoms with Gasteiger partial charge in [-0.2, -0.15) is 21.9 Å². The van der Waals surface area contributed by atoms with Crippen LogP contribution in [0.5, 0.6) is 0 Å². The fourth-order valence-electron chi connectivity index (χ4n) is 3.93. The van der Waals surface area contributed by atoms with Crippen molar-refractivity contribution in [1.82, 2.24) is 13.5 Å². The summed E-state index contributed by atoms with van der Waals surface area (Å²) in [5.41, 5.74) is 1.22. The van der Waals surface area contributed by atoms with E-state index in [1.54, 1.807) is 31.2 Å². The maximum Gasteiger partial charge on any atom is 0.283 e. The summed E-state index contributed by atoms with van der Waals surface area (Å²) in [5.74, 6) is 0.272. The lowest BCUT2D eigenvalue weighted by Gasteiger charge is -2.30. The van der Waals surface area contributed by atoms with Crippen molar-refractivity contribution in [3.8, 4) is 0 Å². The highest BCUT2D eigenvalue weighted by atomic mass is 32.2. The van der Waals surface area contributed by atoms with E-state index in [0.717, 1.165) is 22.5 Å². The van der Waals surface area contributed by atoms with Gasteiger partial charge in [-0.05, 0) is 55.7 Å². The molecule has 0 amide bonds. The van der Waals surface area contributed by atoms with Gasteiger partial charge in [0.2, 0.25) is 10.0 Å². The van der Waals surface area contributed by atoms with Crippen LogP contribution in [-0.2, 0) is 25.5 Å². The number of aryl methyl sites for hydroxylation is 1. The Bertz CT molecular complexity index is 1140. The van der Waals surface area contributed by atoms with E-state index in [4.69, 9.17) is 0 Å². The average Bonchev–Trinajstić information content (AvgIpc) is 2.96. The van der Waals surface area contributed by atoms with E-state index >= 15 is 0 Å². The number of benzene rings is 1. The Morgan fingerprint density at radius 2 is 1.60 bits per heavy atom. The number of sulfonamides is 1. The average molecular weight is 454 g/mol. The first-order valence-corrected chi connectivity index (χ1v) is 13.1. The lowest BCUT2D eigenvalue weighted by atomic mass is 9.87. The summed E-state index contributed by atoms with van der Waals surface area (Å²) < 4.78 is 55.3. The molecule has 0 saturated carbocycles. The van der Waals surface area contributed by atoms with Crippen molar-refractivity contribution in [2.75, 3.05) is 13.1 Å². The summed E-state index contributed by atoms with van der Waals surface area (Å²) >= 11 is 0. The van der Waals surface area contributed by atoms with Gasteiger partial charge >= 0.3 is 0 Å². The van der Waals surface area contributed by atoms with E-state index in [2.05, 4.69) is 25.9 Å². The van der Waals surface area contributed by atoms with Crippen LogP contribution in [0.3, 0.4) is 0 Å². The van der Waals surface area contributed by atoms with Gasteiger partial charge in [0, 0.05) is 13.1 Å². The molecule has 0 radical (unpaired) electrons. The monoisotopic (exact) mass is 453 g/mol. The van der Waals surface area contributed by atoms with Crippen molar-refractivity contribution >= 4 is 20.0 Å². The second-order valence-corrected chi connectivity index (χ2v) is 12.9. The van der Waals surface area contributed by atoms with Crippen LogP contribution in [0.1, 0.15) is 57.5 Å². The van der Waals surface area contributed by atoms with Gasteiger partial charge in [0.1, 0.15) is 4.90 Å². The molecule has 2 aromatic rings. The first-order chi connectivity index (χ1) is 13.8. The smallest absolute Gasteiger partial charge is 0.207 e. The second kappa shape index (κ2) is 7.76. The zero-order chi connectivity index (χ0) is 22.5. The van der Waals surface area contributed by atoms with Gasteiger partial charge in [-0.25, -0.2) is 8.42 Å². The van der Waals surface area contributed by atoms with Crippen LogP contribution in [0.4, 0.5) is 0 Å². The molecule has 3 rings (SSSR count). The molecule has 30 heavy (non-hydrogen) atoms. The molecule has 166 valence electrons. The quantitative estimate of drug-likeness (QED) is 0.707. The maximum atomic E-state index is 13.3. The molecule has 9 heteroatoms. The van der Waals surface area contributed by atoms with Gasteiger partial charge in [-0.1, -0.05) is 39.8 Å². The molecule has 7 nitrogen and oxygen atoms in total. The van der Waals surface area contributed by atoms with Crippen LogP contribution in [-0.4, -0.2) is 43.4 Å². The Morgan fingerprint density at radius 3 is 2.13 bits per heavy atom. The van der Waals surface area contributed by atoms with Crippen molar-refractivity contribution in [3.05, 3.63) is 41.2 Å². The number of rotatable bonds is 4. The number of hydrogen-bond donors (Lipinski definition) is 0. The van der Waals surface area contributed by atoms with Crippen LogP contribution in [0.15, 0.2) is 34.1 Å². The lowest BCUT2D eigenvalue weighted by molar-refractivity contribution is 0.281. The van der Waals surface area contributed by atoms with Crippen LogP contribution < -0.4 is 0 Å². The molecule has 0 N–H and O–H groups in total. The van der Waals surface area contributed by atoms with Gasteiger partial charge in [-0.3, -0.25) is 0 Å². The third kappa shape index (κ3) is 4.07. The zero-order valence-corrected chi connectivity index (χ0v) is 20.1. The third-order valence-corrected chi connectivity index (χ3v) is 9.45. The predicted octanol–water partition coefficient (Wildman–Crippen LogP) is 3.46. The number of hydrogen-bond acceptors (Lipinski definition) is 5. The standard InChI is InChI=1S/C21H31N3O4S2/c1-15-8-7-13-23(14-15)30(27,28)20-16(2)22-24(17(20)3)29(25,26)19-11-9-18(10-12-19)21(4,5)6/h9-12,15H,7-8,13-14H2,1-6H3/t15-/m1/s1. The van der Waals surface area contributed by atoms with E-state index in [9.17, 15) is 16.8 Å². The minimum Gasteiger partial charge on any atom is -0.207 e. The van der Waals surface area contributed by atoms with E-state index in [1.165, 1.54) is 11.2 Å². The normalized spacial score (nSPS) is 19.2.